The SMILES string of the molecule is CCC(C)(CCl)NC(=O)C(C)(C)CC. The molecule has 0 bridgehead atoms. The molecule has 14 heavy (non-hydrogen) atoms. The molecule has 0 heterocycles. The zero-order valence-electron chi connectivity index (χ0n) is 9.91. The van der Waals surface area contributed by atoms with Gasteiger partial charge < -0.3 is 5.32 Å². The van der Waals surface area contributed by atoms with Crippen molar-refractivity contribution in [1.82, 2.24) is 5.32 Å². The Morgan fingerprint density at radius 3 is 2.00 bits per heavy atom. The molecule has 0 fully saturated rings. The maximum absolute atomic E-state index is 11.9. The molecule has 0 saturated carbocycles. The van der Waals surface area contributed by atoms with Crippen molar-refractivity contribution in [2.24, 2.45) is 5.41 Å². The van der Waals surface area contributed by atoms with Gasteiger partial charge in [-0.05, 0) is 19.8 Å². The Bertz CT molecular complexity index is 197. The molecule has 1 unspecified atom stereocenters. The van der Waals surface area contributed by atoms with E-state index in [4.69, 9.17) is 11.6 Å². The average molecular weight is 220 g/mol. The van der Waals surface area contributed by atoms with Crippen molar-refractivity contribution in [2.75, 3.05) is 5.88 Å². The van der Waals surface area contributed by atoms with Crippen LogP contribution in [0.5, 0.6) is 0 Å². The summed E-state index contributed by atoms with van der Waals surface area (Å²) in [4.78, 5) is 11.9. The first-order valence-electron chi connectivity index (χ1n) is 5.20. The van der Waals surface area contributed by atoms with E-state index in [0.29, 0.717) is 5.88 Å². The summed E-state index contributed by atoms with van der Waals surface area (Å²) < 4.78 is 0. The van der Waals surface area contributed by atoms with Crippen LogP contribution in [0.25, 0.3) is 0 Å². The Hall–Kier alpha value is -0.240. The molecule has 0 saturated heterocycles. The largest absolute Gasteiger partial charge is 0.349 e. The summed E-state index contributed by atoms with van der Waals surface area (Å²) in [6.07, 6.45) is 1.68. The van der Waals surface area contributed by atoms with Crippen LogP contribution in [0.2, 0.25) is 0 Å². The molecular formula is C11H22ClNO. The molecule has 0 rings (SSSR count). The van der Waals surface area contributed by atoms with E-state index in [9.17, 15) is 4.79 Å². The molecule has 1 N–H and O–H groups in total. The van der Waals surface area contributed by atoms with Gasteiger partial charge in [0.05, 0.1) is 5.54 Å². The number of carbonyl (C=O) groups is 1. The average Bonchev–Trinajstić information content (AvgIpc) is 2.17. The first-order chi connectivity index (χ1) is 6.31. The molecule has 0 aromatic carbocycles. The summed E-state index contributed by atoms with van der Waals surface area (Å²) in [5.74, 6) is 0.541. The normalized spacial score (nSPS) is 16.1. The van der Waals surface area contributed by atoms with Gasteiger partial charge >= 0.3 is 0 Å². The monoisotopic (exact) mass is 219 g/mol. The van der Waals surface area contributed by atoms with Crippen LogP contribution in [0, 0.1) is 5.41 Å². The molecule has 0 spiro atoms. The van der Waals surface area contributed by atoms with Crippen LogP contribution in [-0.4, -0.2) is 17.3 Å². The Morgan fingerprint density at radius 2 is 1.71 bits per heavy atom. The maximum atomic E-state index is 11.9. The second-order valence-corrected chi connectivity index (χ2v) is 5.01. The van der Waals surface area contributed by atoms with Crippen LogP contribution < -0.4 is 5.32 Å². The fourth-order valence-electron chi connectivity index (χ4n) is 0.820. The highest BCUT2D eigenvalue weighted by atomic mass is 35.5. The lowest BCUT2D eigenvalue weighted by molar-refractivity contribution is -0.131. The van der Waals surface area contributed by atoms with E-state index in [2.05, 4.69) is 5.32 Å². The number of hydrogen-bond acceptors (Lipinski definition) is 1. The minimum atomic E-state index is -0.303. The molecule has 1 atom stereocenters. The van der Waals surface area contributed by atoms with E-state index in [-0.39, 0.29) is 16.9 Å². The number of amides is 1. The lowest BCUT2D eigenvalue weighted by atomic mass is 9.87. The topological polar surface area (TPSA) is 29.1 Å². The van der Waals surface area contributed by atoms with Crippen molar-refractivity contribution in [3.8, 4) is 0 Å². The smallest absolute Gasteiger partial charge is 0.226 e. The van der Waals surface area contributed by atoms with Gasteiger partial charge in [-0.25, -0.2) is 0 Å². The second-order valence-electron chi connectivity index (χ2n) is 4.74. The zero-order valence-corrected chi connectivity index (χ0v) is 10.7. The Balaban J connectivity index is 4.45. The minimum Gasteiger partial charge on any atom is -0.349 e. The summed E-state index contributed by atoms with van der Waals surface area (Å²) in [6.45, 7) is 9.92. The van der Waals surface area contributed by atoms with Crippen LogP contribution in [-0.2, 0) is 4.79 Å². The predicted octanol–water partition coefficient (Wildman–Crippen LogP) is 2.95. The highest BCUT2D eigenvalue weighted by Gasteiger charge is 2.31. The number of hydrogen-bond donors (Lipinski definition) is 1. The number of rotatable bonds is 5. The van der Waals surface area contributed by atoms with E-state index in [0.717, 1.165) is 12.8 Å². The Morgan fingerprint density at radius 1 is 1.21 bits per heavy atom. The lowest BCUT2D eigenvalue weighted by Gasteiger charge is -2.32. The maximum Gasteiger partial charge on any atom is 0.226 e. The standard InChI is InChI=1S/C11H22ClNO/c1-6-10(3,4)9(14)13-11(5,7-2)8-12/h6-8H2,1-5H3,(H,13,14). The third-order valence-corrected chi connectivity index (χ3v) is 3.58. The Labute approximate surface area is 92.4 Å². The van der Waals surface area contributed by atoms with Crippen molar-refractivity contribution in [1.29, 1.82) is 0 Å². The van der Waals surface area contributed by atoms with E-state index < -0.39 is 0 Å². The highest BCUT2D eigenvalue weighted by Crippen LogP contribution is 2.22. The molecule has 1 amide bonds. The highest BCUT2D eigenvalue weighted by molar-refractivity contribution is 6.18. The molecule has 0 aliphatic rings. The van der Waals surface area contributed by atoms with Gasteiger partial charge in [0.1, 0.15) is 0 Å². The number of carbonyl (C=O) groups excluding carboxylic acids is 1. The van der Waals surface area contributed by atoms with Gasteiger partial charge in [0, 0.05) is 11.3 Å². The fraction of sp³-hybridized carbons (Fsp3) is 0.909. The molecular weight excluding hydrogens is 198 g/mol. The van der Waals surface area contributed by atoms with E-state index >= 15 is 0 Å². The molecule has 3 heteroatoms. The molecule has 0 radical (unpaired) electrons. The van der Waals surface area contributed by atoms with Gasteiger partial charge in [-0.3, -0.25) is 4.79 Å². The van der Waals surface area contributed by atoms with E-state index in [1.807, 2.05) is 34.6 Å². The summed E-state index contributed by atoms with van der Waals surface area (Å²) in [5.41, 5.74) is -0.576. The van der Waals surface area contributed by atoms with Crippen molar-refractivity contribution in [3.05, 3.63) is 0 Å². The van der Waals surface area contributed by atoms with Crippen LogP contribution in [0.1, 0.15) is 47.5 Å². The number of alkyl halides is 1. The molecule has 2 nitrogen and oxygen atoms in total. The summed E-state index contributed by atoms with van der Waals surface area (Å²) >= 11 is 5.83. The van der Waals surface area contributed by atoms with Gasteiger partial charge in [-0.2, -0.15) is 0 Å². The molecule has 0 aliphatic carbocycles. The first-order valence-corrected chi connectivity index (χ1v) is 5.73. The minimum absolute atomic E-state index is 0.0880. The van der Waals surface area contributed by atoms with Crippen molar-refractivity contribution in [3.63, 3.8) is 0 Å². The summed E-state index contributed by atoms with van der Waals surface area (Å²) in [5, 5.41) is 3.01. The van der Waals surface area contributed by atoms with Crippen LogP contribution in [0.4, 0.5) is 0 Å². The van der Waals surface area contributed by atoms with E-state index in [1.54, 1.807) is 0 Å². The third-order valence-electron chi connectivity index (χ3n) is 2.99. The van der Waals surface area contributed by atoms with Crippen molar-refractivity contribution < 1.29 is 4.79 Å². The summed E-state index contributed by atoms with van der Waals surface area (Å²) in [6, 6.07) is 0. The second kappa shape index (κ2) is 5.01. The Kier molecular flexibility index (Phi) is 4.93. The van der Waals surface area contributed by atoms with Gasteiger partial charge in [-0.1, -0.05) is 27.7 Å². The number of halogens is 1. The van der Waals surface area contributed by atoms with E-state index in [1.165, 1.54) is 0 Å². The van der Waals surface area contributed by atoms with Crippen LogP contribution in [0.15, 0.2) is 0 Å². The zero-order chi connectivity index (χ0) is 11.4. The van der Waals surface area contributed by atoms with Gasteiger partial charge in [0.2, 0.25) is 5.91 Å². The van der Waals surface area contributed by atoms with Crippen molar-refractivity contribution in [2.45, 2.75) is 53.0 Å². The first kappa shape index (κ1) is 13.8. The van der Waals surface area contributed by atoms with Crippen LogP contribution in [0.3, 0.4) is 0 Å². The molecule has 0 aromatic rings. The molecule has 0 aromatic heterocycles. The van der Waals surface area contributed by atoms with Gasteiger partial charge in [0.25, 0.3) is 0 Å². The summed E-state index contributed by atoms with van der Waals surface area (Å²) in [7, 11) is 0. The quantitative estimate of drug-likeness (QED) is 0.708. The number of nitrogens with one attached hydrogen (secondary N) is 1. The van der Waals surface area contributed by atoms with Crippen molar-refractivity contribution >= 4 is 17.5 Å². The van der Waals surface area contributed by atoms with Gasteiger partial charge in [-0.15, -0.1) is 11.6 Å². The van der Waals surface area contributed by atoms with Gasteiger partial charge in [0.15, 0.2) is 0 Å². The molecule has 84 valence electrons. The predicted molar refractivity (Wildman–Crippen MR) is 61.6 cm³/mol. The third kappa shape index (κ3) is 3.49. The van der Waals surface area contributed by atoms with Crippen LogP contribution >= 0.6 is 11.6 Å². The lowest BCUT2D eigenvalue weighted by Crippen LogP contribution is -2.51. The molecule has 0 aliphatic heterocycles. The fourth-order valence-corrected chi connectivity index (χ4v) is 1.08.